The molecule has 9 nitrogen and oxygen atoms in total. The maximum Gasteiger partial charge on any atom is 0.161 e. The van der Waals surface area contributed by atoms with Crippen molar-refractivity contribution in [2.75, 3.05) is 41.3 Å². The molecule has 0 saturated carbocycles. The zero-order chi connectivity index (χ0) is 26.1. The van der Waals surface area contributed by atoms with Gasteiger partial charge in [0.15, 0.2) is 5.58 Å². The second-order valence-corrected chi connectivity index (χ2v) is 9.44. The number of hydrogen-bond donors (Lipinski definition) is 1. The lowest BCUT2D eigenvalue weighted by atomic mass is 10.0. The van der Waals surface area contributed by atoms with Gasteiger partial charge in [-0.3, -0.25) is 14.9 Å². The topological polar surface area (TPSA) is 108 Å². The average Bonchev–Trinajstić information content (AvgIpc) is 3.53. The average molecular weight is 500 g/mol. The standard InChI is InChI=1S/C28H29N5O4/c1-32(2)28(34)23-13-25(35-4)21(15-31-23)26-12-22-27(37-26)20(7-9-30-22)17-5-6-24(18(11-17)14-29)36-19-8-10-33(3)16-19/h5-7,9,11-13,15,19,28,34H,8,10,16H2,1-4H3. The number of likely N-dealkylation sites (tertiary alicyclic amines) is 1. The van der Waals surface area contributed by atoms with Gasteiger partial charge in [0.1, 0.15) is 41.2 Å². The smallest absolute Gasteiger partial charge is 0.161 e. The molecule has 190 valence electrons. The van der Waals surface area contributed by atoms with E-state index in [1.807, 2.05) is 30.3 Å². The molecule has 1 aromatic carbocycles. The summed E-state index contributed by atoms with van der Waals surface area (Å²) in [7, 11) is 7.16. The van der Waals surface area contributed by atoms with Crippen LogP contribution >= 0.6 is 0 Å². The van der Waals surface area contributed by atoms with Crippen LogP contribution in [-0.4, -0.2) is 72.3 Å². The number of likely N-dealkylation sites (N-methyl/N-ethyl adjacent to an activating group) is 1. The zero-order valence-electron chi connectivity index (χ0n) is 21.3. The van der Waals surface area contributed by atoms with Crippen LogP contribution in [0.5, 0.6) is 11.5 Å². The fourth-order valence-corrected chi connectivity index (χ4v) is 4.57. The minimum absolute atomic E-state index is 0.0806. The third-order valence-electron chi connectivity index (χ3n) is 6.59. The van der Waals surface area contributed by atoms with Crippen molar-refractivity contribution in [1.82, 2.24) is 19.8 Å². The van der Waals surface area contributed by atoms with E-state index in [0.29, 0.717) is 45.2 Å². The highest BCUT2D eigenvalue weighted by molar-refractivity contribution is 5.93. The molecule has 9 heteroatoms. The Morgan fingerprint density at radius 2 is 2.00 bits per heavy atom. The first-order chi connectivity index (χ1) is 17.9. The van der Waals surface area contributed by atoms with Crippen molar-refractivity contribution in [3.05, 3.63) is 60.0 Å². The van der Waals surface area contributed by atoms with Crippen LogP contribution < -0.4 is 9.47 Å². The van der Waals surface area contributed by atoms with E-state index in [4.69, 9.17) is 13.9 Å². The van der Waals surface area contributed by atoms with Crippen molar-refractivity contribution in [3.63, 3.8) is 0 Å². The third kappa shape index (κ3) is 4.87. The van der Waals surface area contributed by atoms with Gasteiger partial charge in [0.05, 0.1) is 23.9 Å². The number of aromatic nitrogens is 2. The largest absolute Gasteiger partial charge is 0.496 e. The van der Waals surface area contributed by atoms with Crippen LogP contribution in [0.1, 0.15) is 23.9 Å². The summed E-state index contributed by atoms with van der Waals surface area (Å²) in [5.74, 6) is 1.65. The molecule has 3 aromatic heterocycles. The highest BCUT2D eigenvalue weighted by Gasteiger charge is 2.23. The summed E-state index contributed by atoms with van der Waals surface area (Å²) >= 11 is 0. The Kier molecular flexibility index (Phi) is 6.80. The lowest BCUT2D eigenvalue weighted by Gasteiger charge is -2.18. The van der Waals surface area contributed by atoms with Crippen LogP contribution in [0.25, 0.3) is 33.6 Å². The number of methoxy groups -OCH3 is 1. The Morgan fingerprint density at radius 3 is 2.70 bits per heavy atom. The van der Waals surface area contributed by atoms with Gasteiger partial charge in [-0.25, -0.2) is 0 Å². The van der Waals surface area contributed by atoms with E-state index in [2.05, 4.69) is 28.0 Å². The number of rotatable bonds is 7. The molecule has 0 aliphatic carbocycles. The lowest BCUT2D eigenvalue weighted by molar-refractivity contribution is 0.0356. The van der Waals surface area contributed by atoms with Crippen LogP contribution in [0.3, 0.4) is 0 Å². The van der Waals surface area contributed by atoms with Crippen molar-refractivity contribution >= 4 is 11.1 Å². The third-order valence-corrected chi connectivity index (χ3v) is 6.59. The van der Waals surface area contributed by atoms with Crippen molar-refractivity contribution < 1.29 is 19.0 Å². The number of hydrogen-bond acceptors (Lipinski definition) is 9. The molecule has 0 bridgehead atoms. The van der Waals surface area contributed by atoms with Gasteiger partial charge in [0.2, 0.25) is 0 Å². The van der Waals surface area contributed by atoms with E-state index < -0.39 is 6.23 Å². The highest BCUT2D eigenvalue weighted by atomic mass is 16.5. The Hall–Kier alpha value is -3.97. The van der Waals surface area contributed by atoms with Gasteiger partial charge in [0.25, 0.3) is 0 Å². The van der Waals surface area contributed by atoms with Gasteiger partial charge < -0.3 is 23.9 Å². The summed E-state index contributed by atoms with van der Waals surface area (Å²) in [6.45, 7) is 1.83. The van der Waals surface area contributed by atoms with Gasteiger partial charge in [-0.2, -0.15) is 5.26 Å². The summed E-state index contributed by atoms with van der Waals surface area (Å²) in [6, 6.07) is 13.3. The van der Waals surface area contributed by atoms with Crippen LogP contribution in [0.4, 0.5) is 0 Å². The summed E-state index contributed by atoms with van der Waals surface area (Å²) < 4.78 is 18.0. The predicted molar refractivity (Wildman–Crippen MR) is 139 cm³/mol. The summed E-state index contributed by atoms with van der Waals surface area (Å²) in [5, 5.41) is 20.2. The quantitative estimate of drug-likeness (QED) is 0.376. The van der Waals surface area contributed by atoms with Crippen LogP contribution in [0.2, 0.25) is 0 Å². The maximum absolute atomic E-state index is 10.3. The van der Waals surface area contributed by atoms with E-state index in [1.54, 1.807) is 44.6 Å². The number of fused-ring (bicyclic) bond motifs is 1. The van der Waals surface area contributed by atoms with E-state index in [-0.39, 0.29) is 6.10 Å². The minimum atomic E-state index is -0.859. The molecule has 2 unspecified atom stereocenters. The minimum Gasteiger partial charge on any atom is -0.496 e. The lowest BCUT2D eigenvalue weighted by Crippen LogP contribution is -2.21. The molecule has 4 aromatic rings. The highest BCUT2D eigenvalue weighted by Crippen LogP contribution is 2.38. The summed E-state index contributed by atoms with van der Waals surface area (Å²) in [5.41, 5.74) is 4.48. The number of pyridine rings is 2. The number of benzene rings is 1. The molecule has 1 aliphatic heterocycles. The van der Waals surface area contributed by atoms with Gasteiger partial charge in [-0.05, 0) is 51.3 Å². The monoisotopic (exact) mass is 499 g/mol. The Bertz CT molecular complexity index is 1480. The van der Waals surface area contributed by atoms with E-state index in [0.717, 1.165) is 30.6 Å². The first-order valence-electron chi connectivity index (χ1n) is 12.0. The van der Waals surface area contributed by atoms with E-state index in [9.17, 15) is 10.4 Å². The predicted octanol–water partition coefficient (Wildman–Crippen LogP) is 4.07. The second kappa shape index (κ2) is 10.2. The second-order valence-electron chi connectivity index (χ2n) is 9.44. The number of furan rings is 1. The van der Waals surface area contributed by atoms with Gasteiger partial charge in [-0.1, -0.05) is 6.07 Å². The summed E-state index contributed by atoms with van der Waals surface area (Å²) in [6.07, 6.45) is 3.50. The normalized spacial score (nSPS) is 16.7. The molecule has 0 amide bonds. The number of aliphatic hydroxyl groups excluding tert-OH is 1. The molecule has 4 heterocycles. The van der Waals surface area contributed by atoms with E-state index in [1.165, 1.54) is 0 Å². The molecule has 1 aliphatic rings. The molecule has 1 saturated heterocycles. The molecule has 0 spiro atoms. The van der Waals surface area contributed by atoms with Crippen LogP contribution in [-0.2, 0) is 0 Å². The molecule has 0 radical (unpaired) electrons. The summed E-state index contributed by atoms with van der Waals surface area (Å²) in [4.78, 5) is 12.8. The first-order valence-corrected chi connectivity index (χ1v) is 12.0. The molecule has 37 heavy (non-hydrogen) atoms. The van der Waals surface area contributed by atoms with Gasteiger partial charge in [0, 0.05) is 43.2 Å². The van der Waals surface area contributed by atoms with E-state index >= 15 is 0 Å². The van der Waals surface area contributed by atoms with Crippen molar-refractivity contribution in [3.8, 4) is 40.0 Å². The van der Waals surface area contributed by atoms with Crippen molar-refractivity contribution in [2.45, 2.75) is 18.8 Å². The Labute approximate surface area is 215 Å². The SMILES string of the molecule is COc1cc(C(O)N(C)C)ncc1-c1cc2nccc(-c3ccc(OC4CCN(C)C4)c(C#N)c3)c2o1. The van der Waals surface area contributed by atoms with Crippen LogP contribution in [0.15, 0.2) is 53.2 Å². The first kappa shape index (κ1) is 24.7. The number of nitrogens with zero attached hydrogens (tertiary/aromatic N) is 5. The molecule has 5 rings (SSSR count). The molecule has 1 fully saturated rings. The number of ether oxygens (including phenoxy) is 2. The molecular weight excluding hydrogens is 470 g/mol. The maximum atomic E-state index is 10.3. The Balaban J connectivity index is 1.51. The molecular formula is C28H29N5O4. The fourth-order valence-electron chi connectivity index (χ4n) is 4.57. The fraction of sp³-hybridized carbons (Fsp3) is 0.321. The van der Waals surface area contributed by atoms with Gasteiger partial charge in [-0.15, -0.1) is 0 Å². The van der Waals surface area contributed by atoms with Crippen molar-refractivity contribution in [2.24, 2.45) is 0 Å². The Morgan fingerprint density at radius 1 is 1.16 bits per heavy atom. The van der Waals surface area contributed by atoms with Gasteiger partial charge >= 0.3 is 0 Å². The van der Waals surface area contributed by atoms with Crippen LogP contribution in [0, 0.1) is 11.3 Å². The number of nitriles is 1. The zero-order valence-corrected chi connectivity index (χ0v) is 21.3. The number of aliphatic hydroxyl groups is 1. The molecule has 2 atom stereocenters. The molecule has 1 N–H and O–H groups in total. The van der Waals surface area contributed by atoms with Crippen molar-refractivity contribution in [1.29, 1.82) is 5.26 Å².